The van der Waals surface area contributed by atoms with E-state index < -0.39 is 73.5 Å². The summed E-state index contributed by atoms with van der Waals surface area (Å²) in [5.74, 6) is -0.481. The van der Waals surface area contributed by atoms with Gasteiger partial charge in [0.2, 0.25) is 0 Å². The maximum absolute atomic E-state index is 12.6. The van der Waals surface area contributed by atoms with Crippen molar-refractivity contribution in [3.8, 4) is 0 Å². The van der Waals surface area contributed by atoms with Crippen LogP contribution >= 0.6 is 0 Å². The quantitative estimate of drug-likeness (QED) is 0.0380. The molecule has 2 saturated heterocycles. The number of rotatable bonds is 26. The predicted molar refractivity (Wildman–Crippen MR) is 271 cm³/mol. The Morgan fingerprint density at radius 1 is 0.458 bits per heavy atom. The van der Waals surface area contributed by atoms with E-state index >= 15 is 0 Å². The van der Waals surface area contributed by atoms with Crippen molar-refractivity contribution in [2.45, 2.75) is 121 Å². The number of hydrogen-bond donors (Lipinski definition) is 0. The zero-order valence-corrected chi connectivity index (χ0v) is 41.0. The zero-order valence-electron chi connectivity index (χ0n) is 41.0. The van der Waals surface area contributed by atoms with Crippen molar-refractivity contribution < 1.29 is 56.9 Å². The maximum Gasteiger partial charge on any atom is 0.302 e. The number of carbonyl (C=O) groups is 1. The molecule has 2 fully saturated rings. The number of hydrogen-bond acceptors (Lipinski definition) is 12. The second kappa shape index (κ2) is 27.8. The SMILES string of the molecule is C=CC(C)O[C@@H]1O[C@H](COCc2ccccc2)[C@@H](OC2O[C@H](COC(C)=O)[C@@H](OCc3ccccc3)[C@H](OCc3ccccc3)[C@H]2OCc2ccccc2)[C@H](OCc2ccccc2)[C@H]1OCc1ccccc1. The lowest BCUT2D eigenvalue weighted by Crippen LogP contribution is -2.66. The summed E-state index contributed by atoms with van der Waals surface area (Å²) < 4.78 is 75.1. The number of carbonyl (C=O) groups excluding carboxylic acids is 1. The molecule has 0 spiro atoms. The average molecular weight is 979 g/mol. The van der Waals surface area contributed by atoms with Crippen LogP contribution in [0.25, 0.3) is 0 Å². The fourth-order valence-corrected chi connectivity index (χ4v) is 8.66. The van der Waals surface area contributed by atoms with Gasteiger partial charge in [0.1, 0.15) is 55.4 Å². The van der Waals surface area contributed by atoms with Crippen LogP contribution < -0.4 is 0 Å². The van der Waals surface area contributed by atoms with Crippen LogP contribution in [0.3, 0.4) is 0 Å². The van der Waals surface area contributed by atoms with E-state index in [4.69, 9.17) is 52.1 Å². The van der Waals surface area contributed by atoms with Crippen LogP contribution in [0, 0.1) is 0 Å². The molecule has 11 atom stereocenters. The van der Waals surface area contributed by atoms with E-state index in [1.165, 1.54) is 6.92 Å². The Morgan fingerprint density at radius 3 is 1.19 bits per heavy atom. The first-order valence-electron chi connectivity index (χ1n) is 24.7. The molecule has 12 nitrogen and oxygen atoms in total. The van der Waals surface area contributed by atoms with Gasteiger partial charge < -0.3 is 52.1 Å². The van der Waals surface area contributed by atoms with Crippen LogP contribution in [0.15, 0.2) is 195 Å². The highest BCUT2D eigenvalue weighted by Gasteiger charge is 2.55. The molecule has 0 radical (unpaired) electrons. The molecular formula is C60H66O12. The Balaban J connectivity index is 1.21. The summed E-state index contributed by atoms with van der Waals surface area (Å²) in [7, 11) is 0. The summed E-state index contributed by atoms with van der Waals surface area (Å²) in [5.41, 5.74) is 5.66. The van der Waals surface area contributed by atoms with E-state index in [9.17, 15) is 4.79 Å². The third kappa shape index (κ3) is 15.6. The predicted octanol–water partition coefficient (Wildman–Crippen LogP) is 10.1. The van der Waals surface area contributed by atoms with Gasteiger partial charge in [-0.1, -0.05) is 188 Å². The van der Waals surface area contributed by atoms with Crippen molar-refractivity contribution in [3.05, 3.63) is 228 Å². The monoisotopic (exact) mass is 978 g/mol. The van der Waals surface area contributed by atoms with Crippen LogP contribution in [0.2, 0.25) is 0 Å². The van der Waals surface area contributed by atoms with Gasteiger partial charge in [-0.25, -0.2) is 0 Å². The molecule has 6 aromatic rings. The summed E-state index contributed by atoms with van der Waals surface area (Å²) in [5, 5.41) is 0. The standard InChI is InChI=1S/C60H66O12/c1-4-43(2)69-59-58(68-40-50-33-21-10-22-34-50)56(66-38-48-29-17-8-18-30-48)54(51(70-59)41-62-35-45-23-11-5-12-24-45)72-60-57(67-39-49-31-19-9-20-32-49)55(65-37-47-27-15-7-16-28-47)53(52(71-60)42-63-44(3)61)64-36-46-25-13-6-14-26-46/h4-34,43,51-60H,1,35-42H2,2-3H3/t43?,51-,52-,53-,54-,55+,56+,57-,58-,59-,60?/m1/s1. The molecule has 2 aliphatic rings. The smallest absolute Gasteiger partial charge is 0.302 e. The fraction of sp³-hybridized carbons (Fsp3) is 0.350. The summed E-state index contributed by atoms with van der Waals surface area (Å²) >= 11 is 0. The van der Waals surface area contributed by atoms with Gasteiger partial charge in [-0.3, -0.25) is 4.79 Å². The lowest BCUT2D eigenvalue weighted by Gasteiger charge is -2.50. The van der Waals surface area contributed by atoms with Crippen LogP contribution in [0.4, 0.5) is 0 Å². The minimum absolute atomic E-state index is 0.0639. The van der Waals surface area contributed by atoms with Gasteiger partial charge in [0.05, 0.1) is 52.4 Å². The van der Waals surface area contributed by atoms with Crippen LogP contribution in [-0.2, 0) is 96.5 Å². The molecule has 2 heterocycles. The molecule has 72 heavy (non-hydrogen) atoms. The first kappa shape index (κ1) is 52.5. The van der Waals surface area contributed by atoms with Crippen molar-refractivity contribution >= 4 is 5.97 Å². The molecule has 0 saturated carbocycles. The summed E-state index contributed by atoms with van der Waals surface area (Å²) in [6, 6.07) is 59.3. The molecule has 378 valence electrons. The van der Waals surface area contributed by atoms with Gasteiger partial charge in [-0.05, 0) is 40.3 Å². The first-order chi connectivity index (χ1) is 35.4. The largest absolute Gasteiger partial charge is 0.463 e. The molecule has 0 bridgehead atoms. The minimum atomic E-state index is -1.20. The topological polar surface area (TPSA) is 119 Å². The molecule has 0 aliphatic carbocycles. The van der Waals surface area contributed by atoms with Crippen LogP contribution in [0.5, 0.6) is 0 Å². The summed E-state index contributed by atoms with van der Waals surface area (Å²) in [6.07, 6.45) is -7.86. The van der Waals surface area contributed by atoms with E-state index in [1.54, 1.807) is 6.08 Å². The average Bonchev–Trinajstić information content (AvgIpc) is 3.42. The highest BCUT2D eigenvalue weighted by Crippen LogP contribution is 2.37. The minimum Gasteiger partial charge on any atom is -0.463 e. The van der Waals surface area contributed by atoms with Crippen LogP contribution in [-0.4, -0.2) is 86.7 Å². The second-order valence-corrected chi connectivity index (χ2v) is 17.9. The van der Waals surface area contributed by atoms with Crippen molar-refractivity contribution in [3.63, 3.8) is 0 Å². The Hall–Kier alpha value is -5.87. The molecule has 2 unspecified atom stereocenters. The lowest BCUT2D eigenvalue weighted by atomic mass is 9.95. The van der Waals surface area contributed by atoms with E-state index in [2.05, 4.69) is 6.58 Å². The van der Waals surface area contributed by atoms with Crippen molar-refractivity contribution in [2.75, 3.05) is 13.2 Å². The van der Waals surface area contributed by atoms with Crippen LogP contribution in [0.1, 0.15) is 47.2 Å². The van der Waals surface area contributed by atoms with Crippen molar-refractivity contribution in [1.29, 1.82) is 0 Å². The van der Waals surface area contributed by atoms with Gasteiger partial charge in [0.25, 0.3) is 0 Å². The molecule has 12 heteroatoms. The Kier molecular flexibility index (Phi) is 20.3. The van der Waals surface area contributed by atoms with Gasteiger partial charge in [0.15, 0.2) is 12.6 Å². The summed E-state index contributed by atoms with van der Waals surface area (Å²) in [4.78, 5) is 12.6. The maximum atomic E-state index is 12.6. The van der Waals surface area contributed by atoms with Gasteiger partial charge in [0, 0.05) is 6.92 Å². The molecule has 0 amide bonds. The number of benzene rings is 6. The number of ether oxygens (including phenoxy) is 11. The number of esters is 1. The van der Waals surface area contributed by atoms with Gasteiger partial charge >= 0.3 is 5.97 Å². The Morgan fingerprint density at radius 2 is 0.792 bits per heavy atom. The molecule has 2 aliphatic heterocycles. The second-order valence-electron chi connectivity index (χ2n) is 17.9. The van der Waals surface area contributed by atoms with Crippen molar-refractivity contribution in [1.82, 2.24) is 0 Å². The molecule has 6 aromatic carbocycles. The van der Waals surface area contributed by atoms with E-state index in [0.29, 0.717) is 6.61 Å². The van der Waals surface area contributed by atoms with E-state index in [0.717, 1.165) is 33.4 Å². The molecule has 0 aromatic heterocycles. The molecule has 0 N–H and O–H groups in total. The van der Waals surface area contributed by atoms with Crippen molar-refractivity contribution in [2.24, 2.45) is 0 Å². The van der Waals surface area contributed by atoms with Gasteiger partial charge in [-0.15, -0.1) is 6.58 Å². The Bertz CT molecular complexity index is 2450. The summed E-state index contributed by atoms with van der Waals surface area (Å²) in [6.45, 7) is 8.48. The first-order valence-corrected chi connectivity index (χ1v) is 24.7. The third-order valence-corrected chi connectivity index (χ3v) is 12.4. The van der Waals surface area contributed by atoms with E-state index in [-0.39, 0.29) is 46.2 Å². The molecular weight excluding hydrogens is 913 g/mol. The lowest BCUT2D eigenvalue weighted by molar-refractivity contribution is -0.378. The van der Waals surface area contributed by atoms with E-state index in [1.807, 2.05) is 189 Å². The zero-order chi connectivity index (χ0) is 49.7. The molecule has 8 rings (SSSR count). The highest BCUT2D eigenvalue weighted by molar-refractivity contribution is 5.65. The Labute approximate surface area is 423 Å². The highest BCUT2D eigenvalue weighted by atomic mass is 16.8. The van der Waals surface area contributed by atoms with Gasteiger partial charge in [-0.2, -0.15) is 0 Å². The fourth-order valence-electron chi connectivity index (χ4n) is 8.66. The normalized spacial score (nSPS) is 24.5. The third-order valence-electron chi connectivity index (χ3n) is 12.4.